The number of amides is 1. The van der Waals surface area contributed by atoms with Gasteiger partial charge >= 0.3 is 0 Å². The third-order valence-corrected chi connectivity index (χ3v) is 5.19. The Kier molecular flexibility index (Phi) is 4.33. The summed E-state index contributed by atoms with van der Waals surface area (Å²) < 4.78 is 5.33. The van der Waals surface area contributed by atoms with Gasteiger partial charge < -0.3 is 4.74 Å². The maximum absolute atomic E-state index is 13.0. The molecule has 1 amide bonds. The maximum atomic E-state index is 13.0. The molecule has 1 aliphatic heterocycles. The number of benzene rings is 2. The van der Waals surface area contributed by atoms with E-state index in [0.29, 0.717) is 12.8 Å². The van der Waals surface area contributed by atoms with Crippen LogP contribution in [-0.2, 0) is 9.59 Å². The van der Waals surface area contributed by atoms with E-state index in [0.717, 1.165) is 41.1 Å². The number of ketones is 1. The topological polar surface area (TPSA) is 46.6 Å². The number of para-hydroxylation sites is 1. The summed E-state index contributed by atoms with van der Waals surface area (Å²) in [5.74, 6) is 0.746. The van der Waals surface area contributed by atoms with Gasteiger partial charge in [-0.1, -0.05) is 30.3 Å². The number of rotatable bonds is 3. The minimum absolute atomic E-state index is 0.0393. The molecule has 2 aromatic carbocycles. The number of anilines is 1. The second-order valence-corrected chi connectivity index (χ2v) is 6.74. The summed E-state index contributed by atoms with van der Waals surface area (Å²) in [4.78, 5) is 27.6. The van der Waals surface area contributed by atoms with E-state index in [-0.39, 0.29) is 17.6 Å². The summed E-state index contributed by atoms with van der Waals surface area (Å²) in [5.41, 5.74) is 3.47. The lowest BCUT2D eigenvalue weighted by Crippen LogP contribution is -2.40. The van der Waals surface area contributed by atoms with Crippen LogP contribution in [0.25, 0.3) is 0 Å². The van der Waals surface area contributed by atoms with E-state index in [4.69, 9.17) is 4.74 Å². The number of hydrogen-bond acceptors (Lipinski definition) is 3. The summed E-state index contributed by atoms with van der Waals surface area (Å²) in [6.45, 7) is 0. The molecule has 26 heavy (non-hydrogen) atoms. The lowest BCUT2D eigenvalue weighted by Gasteiger charge is -2.38. The monoisotopic (exact) mass is 347 g/mol. The van der Waals surface area contributed by atoms with Crippen molar-refractivity contribution >= 4 is 17.4 Å². The first-order valence-corrected chi connectivity index (χ1v) is 8.97. The second kappa shape index (κ2) is 6.79. The van der Waals surface area contributed by atoms with E-state index in [1.807, 2.05) is 54.6 Å². The van der Waals surface area contributed by atoms with Gasteiger partial charge in [0.05, 0.1) is 7.11 Å². The van der Waals surface area contributed by atoms with Gasteiger partial charge in [0.2, 0.25) is 5.91 Å². The van der Waals surface area contributed by atoms with Crippen molar-refractivity contribution in [3.8, 4) is 5.75 Å². The van der Waals surface area contributed by atoms with Gasteiger partial charge in [0.1, 0.15) is 5.75 Å². The highest BCUT2D eigenvalue weighted by Gasteiger charge is 2.39. The number of ether oxygens (including phenoxy) is 1. The Morgan fingerprint density at radius 1 is 1.00 bits per heavy atom. The molecule has 4 heteroatoms. The average molecular weight is 347 g/mol. The molecule has 132 valence electrons. The molecule has 0 saturated carbocycles. The fourth-order valence-corrected chi connectivity index (χ4v) is 4.01. The molecule has 0 radical (unpaired) electrons. The van der Waals surface area contributed by atoms with Crippen LogP contribution >= 0.6 is 0 Å². The lowest BCUT2D eigenvalue weighted by molar-refractivity contribution is -0.119. The molecule has 1 unspecified atom stereocenters. The molecule has 2 aliphatic rings. The van der Waals surface area contributed by atoms with Gasteiger partial charge in [-0.3, -0.25) is 14.5 Å². The van der Waals surface area contributed by atoms with Crippen LogP contribution in [-0.4, -0.2) is 18.8 Å². The smallest absolute Gasteiger partial charge is 0.232 e. The zero-order chi connectivity index (χ0) is 18.1. The summed E-state index contributed by atoms with van der Waals surface area (Å²) >= 11 is 0. The minimum Gasteiger partial charge on any atom is -0.497 e. The van der Waals surface area contributed by atoms with E-state index in [2.05, 4.69) is 0 Å². The fourth-order valence-electron chi connectivity index (χ4n) is 4.01. The Hall–Kier alpha value is -2.88. The molecular weight excluding hydrogens is 326 g/mol. The molecule has 0 aromatic heterocycles. The Balaban J connectivity index is 1.85. The molecule has 0 fully saturated rings. The van der Waals surface area contributed by atoms with E-state index < -0.39 is 0 Å². The predicted octanol–water partition coefficient (Wildman–Crippen LogP) is 4.22. The van der Waals surface area contributed by atoms with Crippen LogP contribution in [0.3, 0.4) is 0 Å². The van der Waals surface area contributed by atoms with Crippen molar-refractivity contribution in [3.63, 3.8) is 0 Å². The van der Waals surface area contributed by atoms with E-state index in [1.165, 1.54) is 0 Å². The van der Waals surface area contributed by atoms with Crippen molar-refractivity contribution in [2.24, 2.45) is 0 Å². The second-order valence-electron chi connectivity index (χ2n) is 6.74. The summed E-state index contributed by atoms with van der Waals surface area (Å²) in [5, 5.41) is 0. The molecule has 1 aliphatic carbocycles. The van der Waals surface area contributed by atoms with Crippen LogP contribution in [0.1, 0.15) is 37.2 Å². The van der Waals surface area contributed by atoms with E-state index in [1.54, 1.807) is 12.0 Å². The third-order valence-electron chi connectivity index (χ3n) is 5.19. The molecule has 0 saturated heterocycles. The van der Waals surface area contributed by atoms with Crippen molar-refractivity contribution in [2.45, 2.75) is 31.6 Å². The summed E-state index contributed by atoms with van der Waals surface area (Å²) in [7, 11) is 1.62. The van der Waals surface area contributed by atoms with E-state index in [9.17, 15) is 9.59 Å². The van der Waals surface area contributed by atoms with Crippen LogP contribution < -0.4 is 9.64 Å². The largest absolute Gasteiger partial charge is 0.497 e. The van der Waals surface area contributed by atoms with Crippen molar-refractivity contribution < 1.29 is 14.3 Å². The van der Waals surface area contributed by atoms with Crippen LogP contribution in [0.4, 0.5) is 5.69 Å². The van der Waals surface area contributed by atoms with Crippen LogP contribution in [0.2, 0.25) is 0 Å². The van der Waals surface area contributed by atoms with Crippen molar-refractivity contribution in [3.05, 3.63) is 71.4 Å². The van der Waals surface area contributed by atoms with Gasteiger partial charge in [0.25, 0.3) is 0 Å². The third kappa shape index (κ3) is 2.81. The standard InChI is InChI=1S/C22H21NO3/c1-26-17-10-5-7-15(13-17)18-14-21(25)23(16-8-3-2-4-9-16)19-11-6-12-20(24)22(18)19/h2-5,7-10,13,18H,6,11-12,14H2,1H3. The number of allylic oxidation sites excluding steroid dienone is 2. The molecule has 4 nitrogen and oxygen atoms in total. The summed E-state index contributed by atoms with van der Waals surface area (Å²) in [6.07, 6.45) is 2.39. The number of carbonyl (C=O) groups excluding carboxylic acids is 2. The first-order chi connectivity index (χ1) is 12.7. The van der Waals surface area contributed by atoms with Crippen LogP contribution in [0, 0.1) is 0 Å². The lowest BCUT2D eigenvalue weighted by atomic mass is 9.77. The molecule has 1 atom stereocenters. The van der Waals surface area contributed by atoms with Gasteiger partial charge in [0.15, 0.2) is 5.78 Å². The highest BCUT2D eigenvalue weighted by molar-refractivity contribution is 6.07. The fraction of sp³-hybridized carbons (Fsp3) is 0.273. The Morgan fingerprint density at radius 3 is 2.58 bits per heavy atom. The highest BCUT2D eigenvalue weighted by Crippen LogP contribution is 2.43. The minimum atomic E-state index is -0.194. The van der Waals surface area contributed by atoms with Crippen molar-refractivity contribution in [1.29, 1.82) is 0 Å². The van der Waals surface area contributed by atoms with Crippen LogP contribution in [0.15, 0.2) is 65.9 Å². The normalized spacial score (nSPS) is 20.2. The number of hydrogen-bond donors (Lipinski definition) is 0. The molecule has 1 heterocycles. The quantitative estimate of drug-likeness (QED) is 0.835. The van der Waals surface area contributed by atoms with Gasteiger partial charge in [-0.25, -0.2) is 0 Å². The molecule has 0 spiro atoms. The van der Waals surface area contributed by atoms with Crippen LogP contribution in [0.5, 0.6) is 5.75 Å². The van der Waals surface area contributed by atoms with Crippen molar-refractivity contribution in [1.82, 2.24) is 0 Å². The molecule has 0 bridgehead atoms. The maximum Gasteiger partial charge on any atom is 0.232 e. The van der Waals surface area contributed by atoms with E-state index >= 15 is 0 Å². The molecule has 4 rings (SSSR count). The number of carbonyl (C=O) groups is 2. The summed E-state index contributed by atoms with van der Waals surface area (Å²) in [6, 6.07) is 17.3. The number of Topliss-reactive ketones (excluding diaryl/α,β-unsaturated/α-hetero) is 1. The Labute approximate surface area is 153 Å². The molecular formula is C22H21NO3. The average Bonchev–Trinajstić information content (AvgIpc) is 2.68. The zero-order valence-electron chi connectivity index (χ0n) is 14.8. The molecule has 0 N–H and O–H groups in total. The highest BCUT2D eigenvalue weighted by atomic mass is 16.5. The zero-order valence-corrected chi connectivity index (χ0v) is 14.8. The first kappa shape index (κ1) is 16.6. The Morgan fingerprint density at radius 2 is 1.81 bits per heavy atom. The van der Waals surface area contributed by atoms with Crippen molar-refractivity contribution in [2.75, 3.05) is 12.0 Å². The van der Waals surface area contributed by atoms with Gasteiger partial charge in [-0.05, 0) is 42.7 Å². The SMILES string of the molecule is COc1cccc(C2CC(=O)N(c3ccccc3)C3=C2C(=O)CCC3)c1. The first-order valence-electron chi connectivity index (χ1n) is 8.97. The predicted molar refractivity (Wildman–Crippen MR) is 100 cm³/mol. The van der Waals surface area contributed by atoms with Gasteiger partial charge in [-0.2, -0.15) is 0 Å². The molecule has 2 aromatic rings. The van der Waals surface area contributed by atoms with Gasteiger partial charge in [-0.15, -0.1) is 0 Å². The van der Waals surface area contributed by atoms with Gasteiger partial charge in [0, 0.05) is 35.7 Å². The number of methoxy groups -OCH3 is 1. The Bertz CT molecular complexity index is 885. The number of nitrogens with zero attached hydrogens (tertiary/aromatic N) is 1.